The van der Waals surface area contributed by atoms with Crippen molar-refractivity contribution < 1.29 is 0 Å². The molecule has 0 unspecified atom stereocenters. The molecule has 2 rings (SSSR count). The summed E-state index contributed by atoms with van der Waals surface area (Å²) in [6.45, 7) is 4.63. The smallest absolute Gasteiger partial charge is 0.0787 e. The summed E-state index contributed by atoms with van der Waals surface area (Å²) in [5.41, 5.74) is 1.72. The average molecular weight is 168 g/mol. The fourth-order valence-electron chi connectivity index (χ4n) is 1.53. The van der Waals surface area contributed by atoms with Gasteiger partial charge in [-0.15, -0.1) is 5.10 Å². The standard InChI is InChI=1S/C8H12N2S/c1-8(2)4-3-6-7(5-8)11-10-9-6/h3-5H2,1-2H3. The van der Waals surface area contributed by atoms with Crippen molar-refractivity contribution in [2.24, 2.45) is 5.41 Å². The molecule has 1 aliphatic carbocycles. The van der Waals surface area contributed by atoms with E-state index in [2.05, 4.69) is 23.4 Å². The number of aryl methyl sites for hydroxylation is 1. The highest BCUT2D eigenvalue weighted by Gasteiger charge is 2.27. The maximum Gasteiger partial charge on any atom is 0.0787 e. The van der Waals surface area contributed by atoms with Gasteiger partial charge >= 0.3 is 0 Å². The van der Waals surface area contributed by atoms with Crippen molar-refractivity contribution in [3.05, 3.63) is 10.6 Å². The minimum absolute atomic E-state index is 0.473. The third-order valence-corrected chi connectivity index (χ3v) is 3.08. The second-order valence-corrected chi connectivity index (χ2v) is 4.82. The molecule has 0 aromatic carbocycles. The third-order valence-electron chi connectivity index (χ3n) is 2.31. The maximum atomic E-state index is 4.09. The Morgan fingerprint density at radius 1 is 1.45 bits per heavy atom. The van der Waals surface area contributed by atoms with Crippen LogP contribution in [0.15, 0.2) is 0 Å². The van der Waals surface area contributed by atoms with Crippen molar-refractivity contribution in [3.63, 3.8) is 0 Å². The average Bonchev–Trinajstić information content (AvgIpc) is 2.31. The zero-order valence-electron chi connectivity index (χ0n) is 6.92. The highest BCUT2D eigenvalue weighted by Crippen LogP contribution is 2.34. The van der Waals surface area contributed by atoms with Gasteiger partial charge in [0.1, 0.15) is 0 Å². The monoisotopic (exact) mass is 168 g/mol. The van der Waals surface area contributed by atoms with E-state index in [0.717, 1.165) is 6.42 Å². The molecule has 1 aromatic heterocycles. The topological polar surface area (TPSA) is 25.8 Å². The number of aromatic nitrogens is 2. The summed E-state index contributed by atoms with van der Waals surface area (Å²) in [5, 5.41) is 4.09. The second kappa shape index (κ2) is 2.27. The van der Waals surface area contributed by atoms with E-state index in [1.807, 2.05) is 0 Å². The van der Waals surface area contributed by atoms with Gasteiger partial charge in [0.05, 0.1) is 5.69 Å². The lowest BCUT2D eigenvalue weighted by Crippen LogP contribution is -2.20. The molecule has 0 N–H and O–H groups in total. The van der Waals surface area contributed by atoms with E-state index in [0.29, 0.717) is 5.41 Å². The van der Waals surface area contributed by atoms with E-state index in [9.17, 15) is 0 Å². The van der Waals surface area contributed by atoms with Crippen LogP contribution in [0.2, 0.25) is 0 Å². The van der Waals surface area contributed by atoms with Gasteiger partial charge in [-0.25, -0.2) is 0 Å². The van der Waals surface area contributed by atoms with Crippen LogP contribution >= 0.6 is 11.5 Å². The van der Waals surface area contributed by atoms with E-state index in [4.69, 9.17) is 0 Å². The van der Waals surface area contributed by atoms with Crippen molar-refractivity contribution in [3.8, 4) is 0 Å². The Bertz CT molecular complexity index is 265. The summed E-state index contributed by atoms with van der Waals surface area (Å²) >= 11 is 1.57. The Balaban J connectivity index is 2.32. The van der Waals surface area contributed by atoms with Crippen molar-refractivity contribution in [2.45, 2.75) is 33.1 Å². The molecule has 0 aliphatic heterocycles. The van der Waals surface area contributed by atoms with Crippen LogP contribution in [0.1, 0.15) is 30.8 Å². The van der Waals surface area contributed by atoms with E-state index < -0.39 is 0 Å². The van der Waals surface area contributed by atoms with E-state index in [1.165, 1.54) is 23.4 Å². The largest absolute Gasteiger partial charge is 0.143 e. The van der Waals surface area contributed by atoms with Crippen LogP contribution in [0.25, 0.3) is 0 Å². The molecule has 0 bridgehead atoms. The summed E-state index contributed by atoms with van der Waals surface area (Å²) in [4.78, 5) is 1.40. The lowest BCUT2D eigenvalue weighted by molar-refractivity contribution is 0.316. The Morgan fingerprint density at radius 2 is 2.27 bits per heavy atom. The quantitative estimate of drug-likeness (QED) is 0.592. The molecule has 0 atom stereocenters. The van der Waals surface area contributed by atoms with Crippen LogP contribution < -0.4 is 0 Å². The fourth-order valence-corrected chi connectivity index (χ4v) is 2.47. The van der Waals surface area contributed by atoms with Gasteiger partial charge < -0.3 is 0 Å². The zero-order valence-corrected chi connectivity index (χ0v) is 7.74. The summed E-state index contributed by atoms with van der Waals surface area (Å²) in [6, 6.07) is 0. The number of fused-ring (bicyclic) bond motifs is 1. The van der Waals surface area contributed by atoms with Gasteiger partial charge in [0.25, 0.3) is 0 Å². The molecule has 0 fully saturated rings. The molecule has 0 amide bonds. The first-order chi connectivity index (χ1) is 5.17. The molecule has 0 spiro atoms. The van der Waals surface area contributed by atoms with Crippen molar-refractivity contribution in [1.82, 2.24) is 9.59 Å². The molecule has 2 nitrogen and oxygen atoms in total. The first-order valence-electron chi connectivity index (χ1n) is 3.97. The molecule has 1 heterocycles. The second-order valence-electron chi connectivity index (χ2n) is 3.98. The van der Waals surface area contributed by atoms with Crippen LogP contribution in [-0.2, 0) is 12.8 Å². The third kappa shape index (κ3) is 1.29. The molecule has 11 heavy (non-hydrogen) atoms. The molecule has 0 saturated heterocycles. The van der Waals surface area contributed by atoms with Crippen LogP contribution in [0.3, 0.4) is 0 Å². The van der Waals surface area contributed by atoms with Crippen molar-refractivity contribution >= 4 is 11.5 Å². The molecule has 1 aliphatic rings. The van der Waals surface area contributed by atoms with Crippen LogP contribution in [-0.4, -0.2) is 9.59 Å². The van der Waals surface area contributed by atoms with Gasteiger partial charge in [-0.3, -0.25) is 0 Å². The molecule has 60 valence electrons. The molecular formula is C8H12N2S. The molecule has 1 aromatic rings. The van der Waals surface area contributed by atoms with Gasteiger partial charge in [-0.1, -0.05) is 18.3 Å². The van der Waals surface area contributed by atoms with Gasteiger partial charge in [-0.05, 0) is 36.2 Å². The van der Waals surface area contributed by atoms with E-state index in [1.54, 1.807) is 11.5 Å². The molecule has 0 saturated carbocycles. The Hall–Kier alpha value is -0.440. The Morgan fingerprint density at radius 3 is 3.09 bits per heavy atom. The summed E-state index contributed by atoms with van der Waals surface area (Å²) < 4.78 is 3.96. The zero-order chi connectivity index (χ0) is 7.90. The predicted molar refractivity (Wildman–Crippen MR) is 45.7 cm³/mol. The van der Waals surface area contributed by atoms with Gasteiger partial charge in [0.15, 0.2) is 0 Å². The number of hydrogen-bond acceptors (Lipinski definition) is 3. The minimum Gasteiger partial charge on any atom is -0.143 e. The number of hydrogen-bond donors (Lipinski definition) is 0. The van der Waals surface area contributed by atoms with Gasteiger partial charge in [-0.2, -0.15) is 0 Å². The first-order valence-corrected chi connectivity index (χ1v) is 4.75. The molecule has 3 heteroatoms. The number of rotatable bonds is 0. The summed E-state index contributed by atoms with van der Waals surface area (Å²) in [6.07, 6.45) is 3.55. The minimum atomic E-state index is 0.473. The van der Waals surface area contributed by atoms with E-state index in [-0.39, 0.29) is 0 Å². The Kier molecular flexibility index (Phi) is 1.49. The van der Waals surface area contributed by atoms with Gasteiger partial charge in [0.2, 0.25) is 0 Å². The summed E-state index contributed by atoms with van der Waals surface area (Å²) in [7, 11) is 0. The van der Waals surface area contributed by atoms with E-state index >= 15 is 0 Å². The molecule has 0 radical (unpaired) electrons. The summed E-state index contributed by atoms with van der Waals surface area (Å²) in [5.74, 6) is 0. The van der Waals surface area contributed by atoms with Gasteiger partial charge in [0, 0.05) is 4.88 Å². The Labute approximate surface area is 70.8 Å². The highest BCUT2D eigenvalue weighted by atomic mass is 32.1. The predicted octanol–water partition coefficient (Wildman–Crippen LogP) is 2.05. The van der Waals surface area contributed by atoms with Crippen LogP contribution in [0, 0.1) is 5.41 Å². The van der Waals surface area contributed by atoms with Crippen molar-refractivity contribution in [1.29, 1.82) is 0 Å². The highest BCUT2D eigenvalue weighted by molar-refractivity contribution is 7.05. The lowest BCUT2D eigenvalue weighted by Gasteiger charge is -2.27. The van der Waals surface area contributed by atoms with Crippen molar-refractivity contribution in [2.75, 3.05) is 0 Å². The SMILES string of the molecule is CC1(C)CCc2nnsc2C1. The van der Waals surface area contributed by atoms with Crippen LogP contribution in [0.5, 0.6) is 0 Å². The number of nitrogens with zero attached hydrogens (tertiary/aromatic N) is 2. The lowest BCUT2D eigenvalue weighted by atomic mass is 9.79. The van der Waals surface area contributed by atoms with Crippen LogP contribution in [0.4, 0.5) is 0 Å². The molecular weight excluding hydrogens is 156 g/mol. The first kappa shape index (κ1) is 7.22. The normalized spacial score (nSPS) is 21.3. The maximum absolute atomic E-state index is 4.09. The fraction of sp³-hybridized carbons (Fsp3) is 0.750.